The van der Waals surface area contributed by atoms with Crippen molar-refractivity contribution in [2.45, 2.75) is 24.6 Å². The van der Waals surface area contributed by atoms with Gasteiger partial charge in [-0.3, -0.25) is 0 Å². The molecule has 1 heterocycles. The average molecular weight is 307 g/mol. The summed E-state index contributed by atoms with van der Waals surface area (Å²) in [5.74, 6) is -2.22. The van der Waals surface area contributed by atoms with Crippen LogP contribution < -0.4 is 5.32 Å². The highest BCUT2D eigenvalue weighted by Gasteiger charge is 2.59. The highest BCUT2D eigenvalue weighted by atomic mass is 19.4. The first-order valence-corrected chi connectivity index (χ1v) is 6.21. The largest absolute Gasteiger partial charge is 0.508 e. The summed E-state index contributed by atoms with van der Waals surface area (Å²) in [4.78, 5) is 8.90. The molecule has 1 aliphatic carbocycles. The van der Waals surface area contributed by atoms with E-state index >= 15 is 0 Å². The molecular formula is C13H13F4NO3. The van der Waals surface area contributed by atoms with Gasteiger partial charge in [0.05, 0.1) is 5.54 Å². The summed E-state index contributed by atoms with van der Waals surface area (Å²) in [6, 6.07) is 4.18. The highest BCUT2D eigenvalue weighted by molar-refractivity contribution is 5.73. The number of hydrogen-bond donors (Lipinski definition) is 3. The van der Waals surface area contributed by atoms with E-state index in [1.54, 1.807) is 0 Å². The maximum Gasteiger partial charge on any atom is 0.490 e. The third-order valence-electron chi connectivity index (χ3n) is 3.72. The molecule has 1 aliphatic heterocycles. The van der Waals surface area contributed by atoms with Gasteiger partial charge in [-0.15, -0.1) is 0 Å². The van der Waals surface area contributed by atoms with Gasteiger partial charge in [-0.2, -0.15) is 13.2 Å². The Kier molecular flexibility index (Phi) is 3.83. The second-order valence-electron chi connectivity index (χ2n) is 5.05. The van der Waals surface area contributed by atoms with E-state index in [1.165, 1.54) is 18.2 Å². The molecule has 2 fully saturated rings. The van der Waals surface area contributed by atoms with Crippen LogP contribution in [0.2, 0.25) is 0 Å². The van der Waals surface area contributed by atoms with Crippen molar-refractivity contribution >= 4 is 5.97 Å². The summed E-state index contributed by atoms with van der Waals surface area (Å²) in [6.45, 7) is 0.973. The van der Waals surface area contributed by atoms with Crippen LogP contribution in [0.5, 0.6) is 5.75 Å². The van der Waals surface area contributed by atoms with Crippen molar-refractivity contribution in [3.63, 3.8) is 0 Å². The van der Waals surface area contributed by atoms with Crippen molar-refractivity contribution < 1.29 is 32.6 Å². The third-order valence-corrected chi connectivity index (χ3v) is 3.72. The molecule has 0 aromatic heterocycles. The molecule has 0 spiro atoms. The number of phenolic OH excluding ortho intramolecular Hbond substituents is 1. The number of aromatic hydroxyl groups is 1. The number of carbonyl (C=O) groups is 1. The normalized spacial score (nSPS) is 26.6. The standard InChI is InChI=1S/C11H12FNO.C2HF3O2/c12-8-1-2-10(14)9(5-8)11-6-7(11)3-4-13-11;3-2(4,5)1(6)7/h1-2,5,7,13-14H,3-4,6H2;(H,6,7). The van der Waals surface area contributed by atoms with Crippen LogP contribution in [0.4, 0.5) is 17.6 Å². The zero-order valence-corrected chi connectivity index (χ0v) is 10.7. The summed E-state index contributed by atoms with van der Waals surface area (Å²) < 4.78 is 44.8. The molecule has 2 unspecified atom stereocenters. The molecule has 4 nitrogen and oxygen atoms in total. The maximum absolute atomic E-state index is 13.1. The molecular weight excluding hydrogens is 294 g/mol. The molecule has 1 saturated heterocycles. The molecule has 21 heavy (non-hydrogen) atoms. The van der Waals surface area contributed by atoms with Crippen LogP contribution in [-0.4, -0.2) is 28.9 Å². The van der Waals surface area contributed by atoms with Gasteiger partial charge in [0.25, 0.3) is 0 Å². The van der Waals surface area contributed by atoms with Crippen molar-refractivity contribution in [2.24, 2.45) is 5.92 Å². The molecule has 8 heteroatoms. The van der Waals surface area contributed by atoms with Gasteiger partial charge < -0.3 is 15.5 Å². The number of aliphatic carboxylic acids is 1. The van der Waals surface area contributed by atoms with Gasteiger partial charge in [-0.25, -0.2) is 9.18 Å². The number of nitrogens with one attached hydrogen (secondary N) is 1. The second kappa shape index (κ2) is 5.18. The van der Waals surface area contributed by atoms with E-state index in [2.05, 4.69) is 5.32 Å². The summed E-state index contributed by atoms with van der Waals surface area (Å²) in [6.07, 6.45) is -2.92. The Bertz CT molecular complexity index is 561. The van der Waals surface area contributed by atoms with E-state index < -0.39 is 12.1 Å². The molecule has 2 atom stereocenters. The molecule has 1 saturated carbocycles. The molecule has 3 N–H and O–H groups in total. The zero-order valence-electron chi connectivity index (χ0n) is 10.7. The molecule has 0 bridgehead atoms. The quantitative estimate of drug-likeness (QED) is 0.697. The minimum Gasteiger partial charge on any atom is -0.508 e. The van der Waals surface area contributed by atoms with Crippen LogP contribution in [-0.2, 0) is 10.3 Å². The van der Waals surface area contributed by atoms with Crippen LogP contribution in [0, 0.1) is 11.7 Å². The predicted molar refractivity (Wildman–Crippen MR) is 64.2 cm³/mol. The number of carboxylic acid groups (broad SMARTS) is 1. The Labute approximate surface area is 117 Å². The number of alkyl halides is 3. The number of carboxylic acids is 1. The molecule has 116 valence electrons. The predicted octanol–water partition coefficient (Wildman–Crippen LogP) is 2.37. The van der Waals surface area contributed by atoms with E-state index in [1.807, 2.05) is 0 Å². The molecule has 3 rings (SSSR count). The fraction of sp³-hybridized carbons (Fsp3) is 0.462. The van der Waals surface area contributed by atoms with Gasteiger partial charge in [-0.1, -0.05) is 0 Å². The first-order valence-electron chi connectivity index (χ1n) is 6.21. The van der Waals surface area contributed by atoms with Crippen LogP contribution in [0.15, 0.2) is 18.2 Å². The van der Waals surface area contributed by atoms with Gasteiger partial charge in [-0.05, 0) is 43.5 Å². The lowest BCUT2D eigenvalue weighted by molar-refractivity contribution is -0.192. The minimum atomic E-state index is -5.08. The smallest absolute Gasteiger partial charge is 0.490 e. The highest BCUT2D eigenvalue weighted by Crippen LogP contribution is 2.58. The van der Waals surface area contributed by atoms with Crippen LogP contribution >= 0.6 is 0 Å². The molecule has 0 amide bonds. The number of phenols is 1. The lowest BCUT2D eigenvalue weighted by Crippen LogP contribution is -2.25. The first kappa shape index (κ1) is 15.6. The number of fused-ring (bicyclic) bond motifs is 1. The van der Waals surface area contributed by atoms with Crippen molar-refractivity contribution in [1.82, 2.24) is 5.32 Å². The van der Waals surface area contributed by atoms with Gasteiger partial charge in [0, 0.05) is 5.56 Å². The SMILES string of the molecule is O=C(O)C(F)(F)F.Oc1ccc(F)cc1C12CC1CCN2. The fourth-order valence-electron chi connectivity index (χ4n) is 2.65. The number of hydrogen-bond acceptors (Lipinski definition) is 3. The van der Waals surface area contributed by atoms with Crippen LogP contribution in [0.3, 0.4) is 0 Å². The summed E-state index contributed by atoms with van der Waals surface area (Å²) >= 11 is 0. The average Bonchev–Trinajstić information content (AvgIpc) is 2.94. The Balaban J connectivity index is 0.000000199. The van der Waals surface area contributed by atoms with E-state index in [9.17, 15) is 22.7 Å². The topological polar surface area (TPSA) is 69.6 Å². The van der Waals surface area contributed by atoms with Gasteiger partial charge >= 0.3 is 12.1 Å². The van der Waals surface area contributed by atoms with Crippen molar-refractivity contribution in [2.75, 3.05) is 6.54 Å². The van der Waals surface area contributed by atoms with E-state index in [0.29, 0.717) is 5.92 Å². The van der Waals surface area contributed by atoms with Crippen molar-refractivity contribution in [1.29, 1.82) is 0 Å². The number of rotatable bonds is 1. The third kappa shape index (κ3) is 3.10. The van der Waals surface area contributed by atoms with Gasteiger partial charge in [0.1, 0.15) is 11.6 Å². The summed E-state index contributed by atoms with van der Waals surface area (Å²) in [7, 11) is 0. The fourth-order valence-corrected chi connectivity index (χ4v) is 2.65. The van der Waals surface area contributed by atoms with Crippen LogP contribution in [0.25, 0.3) is 0 Å². The van der Waals surface area contributed by atoms with Crippen molar-refractivity contribution in [3.8, 4) is 5.75 Å². The molecule has 1 aromatic carbocycles. The van der Waals surface area contributed by atoms with E-state index in [0.717, 1.165) is 24.9 Å². The van der Waals surface area contributed by atoms with Crippen LogP contribution in [0.1, 0.15) is 18.4 Å². The van der Waals surface area contributed by atoms with Gasteiger partial charge in [0.2, 0.25) is 0 Å². The number of halogens is 4. The lowest BCUT2D eigenvalue weighted by atomic mass is 10.0. The minimum absolute atomic E-state index is 0.105. The van der Waals surface area contributed by atoms with Gasteiger partial charge in [0.15, 0.2) is 0 Å². The number of piperidine rings is 1. The Morgan fingerprint density at radius 3 is 2.43 bits per heavy atom. The lowest BCUT2D eigenvalue weighted by Gasteiger charge is -2.15. The monoisotopic (exact) mass is 307 g/mol. The maximum atomic E-state index is 13.1. The first-order chi connectivity index (χ1) is 9.67. The summed E-state index contributed by atoms with van der Waals surface area (Å²) in [5, 5.41) is 20.2. The van der Waals surface area contributed by atoms with E-state index in [-0.39, 0.29) is 17.1 Å². The number of benzene rings is 1. The van der Waals surface area contributed by atoms with Crippen molar-refractivity contribution in [3.05, 3.63) is 29.6 Å². The Hall–Kier alpha value is -1.83. The molecule has 1 aromatic rings. The van der Waals surface area contributed by atoms with E-state index in [4.69, 9.17) is 9.90 Å². The zero-order chi connectivity index (χ0) is 15.8. The summed E-state index contributed by atoms with van der Waals surface area (Å²) in [5.41, 5.74) is 0.631. The Morgan fingerprint density at radius 2 is 2.00 bits per heavy atom. The Morgan fingerprint density at radius 1 is 1.38 bits per heavy atom. The molecule has 2 aliphatic rings. The molecule has 0 radical (unpaired) electrons. The second-order valence-corrected chi connectivity index (χ2v) is 5.05.